The van der Waals surface area contributed by atoms with Crippen LogP contribution in [0, 0.1) is 5.92 Å². The average molecular weight is 165 g/mol. The van der Waals surface area contributed by atoms with Crippen molar-refractivity contribution >= 4 is 0 Å². The molecule has 3 heteroatoms. The highest BCUT2D eigenvalue weighted by molar-refractivity contribution is 4.98. The first-order valence-corrected chi connectivity index (χ1v) is 4.53. The van der Waals surface area contributed by atoms with E-state index < -0.39 is 0 Å². The van der Waals surface area contributed by atoms with Gasteiger partial charge in [0.15, 0.2) is 0 Å². The lowest BCUT2D eigenvalue weighted by atomic mass is 9.92. The number of fused-ring (bicyclic) bond motifs is 1. The smallest absolute Gasteiger partial charge is 0.108 e. The molecule has 66 valence electrons. The van der Waals surface area contributed by atoms with E-state index in [1.807, 2.05) is 12.4 Å². The Morgan fingerprint density at radius 1 is 1.75 bits per heavy atom. The third kappa shape index (κ3) is 1.25. The Labute approximate surface area is 72.6 Å². The Morgan fingerprint density at radius 2 is 2.58 bits per heavy atom. The number of hydrogen-bond donors (Lipinski definition) is 1. The van der Waals surface area contributed by atoms with Crippen LogP contribution in [0.3, 0.4) is 0 Å². The number of rotatable bonds is 1. The summed E-state index contributed by atoms with van der Waals surface area (Å²) in [6.07, 6.45) is 6.16. The molecule has 2 heterocycles. The maximum Gasteiger partial charge on any atom is 0.108 e. The van der Waals surface area contributed by atoms with Gasteiger partial charge >= 0.3 is 0 Å². The maximum atomic E-state index is 5.86. The van der Waals surface area contributed by atoms with Crippen molar-refractivity contribution in [3.05, 3.63) is 18.2 Å². The summed E-state index contributed by atoms with van der Waals surface area (Å²) < 4.78 is 2.22. The lowest BCUT2D eigenvalue weighted by Gasteiger charge is -2.25. The van der Waals surface area contributed by atoms with Crippen LogP contribution >= 0.6 is 0 Å². The van der Waals surface area contributed by atoms with Gasteiger partial charge in [-0.1, -0.05) is 0 Å². The molecule has 0 fully saturated rings. The summed E-state index contributed by atoms with van der Waals surface area (Å²) in [5, 5.41) is 0. The summed E-state index contributed by atoms with van der Waals surface area (Å²) in [6, 6.07) is 0.301. The van der Waals surface area contributed by atoms with Gasteiger partial charge in [0.1, 0.15) is 5.82 Å². The fourth-order valence-electron chi connectivity index (χ4n) is 1.82. The van der Waals surface area contributed by atoms with Gasteiger partial charge in [0.05, 0.1) is 0 Å². The van der Waals surface area contributed by atoms with E-state index in [0.717, 1.165) is 13.0 Å². The highest BCUT2D eigenvalue weighted by atomic mass is 15.1. The van der Waals surface area contributed by atoms with Crippen molar-refractivity contribution in [3.8, 4) is 0 Å². The molecule has 1 aliphatic heterocycles. The zero-order valence-electron chi connectivity index (χ0n) is 7.40. The molecule has 12 heavy (non-hydrogen) atoms. The van der Waals surface area contributed by atoms with E-state index in [0.29, 0.717) is 12.0 Å². The van der Waals surface area contributed by atoms with Gasteiger partial charge in [-0.15, -0.1) is 0 Å². The first-order valence-electron chi connectivity index (χ1n) is 4.53. The summed E-state index contributed by atoms with van der Waals surface area (Å²) in [5.41, 5.74) is 5.86. The van der Waals surface area contributed by atoms with Crippen molar-refractivity contribution in [2.45, 2.75) is 32.4 Å². The van der Waals surface area contributed by atoms with Crippen molar-refractivity contribution in [1.29, 1.82) is 0 Å². The summed E-state index contributed by atoms with van der Waals surface area (Å²) in [7, 11) is 0. The van der Waals surface area contributed by atoms with Gasteiger partial charge in [-0.05, 0) is 19.3 Å². The van der Waals surface area contributed by atoms with Crippen LogP contribution in [0.15, 0.2) is 12.4 Å². The van der Waals surface area contributed by atoms with Gasteiger partial charge in [-0.25, -0.2) is 4.98 Å². The number of nitrogens with zero attached hydrogens (tertiary/aromatic N) is 2. The van der Waals surface area contributed by atoms with Crippen molar-refractivity contribution in [1.82, 2.24) is 9.55 Å². The first-order chi connectivity index (χ1) is 5.77. The normalized spacial score (nSPS) is 25.0. The summed E-state index contributed by atoms with van der Waals surface area (Å²) in [6.45, 7) is 3.17. The predicted molar refractivity (Wildman–Crippen MR) is 47.7 cm³/mol. The van der Waals surface area contributed by atoms with Crippen molar-refractivity contribution in [3.63, 3.8) is 0 Å². The van der Waals surface area contributed by atoms with Gasteiger partial charge in [0.25, 0.3) is 0 Å². The molecule has 1 aromatic heterocycles. The van der Waals surface area contributed by atoms with Gasteiger partial charge in [0, 0.05) is 31.4 Å². The number of nitrogens with two attached hydrogens (primary N) is 1. The molecule has 2 rings (SSSR count). The van der Waals surface area contributed by atoms with E-state index >= 15 is 0 Å². The fraction of sp³-hybridized carbons (Fsp3) is 0.667. The fourth-order valence-corrected chi connectivity index (χ4v) is 1.82. The molecule has 0 aromatic carbocycles. The lowest BCUT2D eigenvalue weighted by molar-refractivity contribution is 0.337. The highest BCUT2D eigenvalue weighted by Gasteiger charge is 2.21. The Kier molecular flexibility index (Phi) is 1.89. The van der Waals surface area contributed by atoms with Gasteiger partial charge in [0.2, 0.25) is 0 Å². The van der Waals surface area contributed by atoms with Crippen molar-refractivity contribution in [2.75, 3.05) is 0 Å². The second kappa shape index (κ2) is 2.90. The summed E-state index contributed by atoms with van der Waals surface area (Å²) >= 11 is 0. The molecular weight excluding hydrogens is 150 g/mol. The SMILES string of the molecule is CC(N)C1CCn2ccnc2C1. The maximum absolute atomic E-state index is 5.86. The zero-order chi connectivity index (χ0) is 8.55. The van der Waals surface area contributed by atoms with E-state index in [9.17, 15) is 0 Å². The van der Waals surface area contributed by atoms with E-state index in [1.54, 1.807) is 0 Å². The van der Waals surface area contributed by atoms with Crippen LogP contribution < -0.4 is 5.73 Å². The quantitative estimate of drug-likeness (QED) is 0.668. The third-order valence-corrected chi connectivity index (χ3v) is 2.73. The van der Waals surface area contributed by atoms with E-state index in [2.05, 4.69) is 16.5 Å². The number of aryl methyl sites for hydroxylation is 1. The molecule has 2 atom stereocenters. The molecule has 2 unspecified atom stereocenters. The number of aromatic nitrogens is 2. The van der Waals surface area contributed by atoms with Crippen LogP contribution in [0.1, 0.15) is 19.2 Å². The lowest BCUT2D eigenvalue weighted by Crippen LogP contribution is -2.33. The molecule has 0 aliphatic carbocycles. The summed E-state index contributed by atoms with van der Waals surface area (Å²) in [5.74, 6) is 1.82. The molecule has 0 saturated carbocycles. The topological polar surface area (TPSA) is 43.8 Å². The van der Waals surface area contributed by atoms with E-state index in [1.165, 1.54) is 12.2 Å². The largest absolute Gasteiger partial charge is 0.335 e. The van der Waals surface area contributed by atoms with Crippen LogP contribution in [-0.4, -0.2) is 15.6 Å². The Morgan fingerprint density at radius 3 is 3.33 bits per heavy atom. The summed E-state index contributed by atoms with van der Waals surface area (Å²) in [4.78, 5) is 4.30. The molecule has 2 N–H and O–H groups in total. The predicted octanol–water partition coefficient (Wildman–Crippen LogP) is 0.793. The van der Waals surface area contributed by atoms with Crippen LogP contribution in [0.4, 0.5) is 0 Å². The van der Waals surface area contributed by atoms with E-state index in [-0.39, 0.29) is 0 Å². The Balaban J connectivity index is 2.15. The molecular formula is C9H15N3. The van der Waals surface area contributed by atoms with Crippen LogP contribution in [0.2, 0.25) is 0 Å². The van der Waals surface area contributed by atoms with Crippen molar-refractivity contribution < 1.29 is 0 Å². The van der Waals surface area contributed by atoms with Gasteiger partial charge in [-0.3, -0.25) is 0 Å². The minimum Gasteiger partial charge on any atom is -0.335 e. The minimum atomic E-state index is 0.301. The third-order valence-electron chi connectivity index (χ3n) is 2.73. The van der Waals surface area contributed by atoms with E-state index in [4.69, 9.17) is 5.73 Å². The van der Waals surface area contributed by atoms with Gasteiger partial charge in [-0.2, -0.15) is 0 Å². The molecule has 1 aromatic rings. The molecule has 0 amide bonds. The Hall–Kier alpha value is -0.830. The molecule has 0 radical (unpaired) electrons. The molecule has 0 spiro atoms. The minimum absolute atomic E-state index is 0.301. The highest BCUT2D eigenvalue weighted by Crippen LogP contribution is 2.20. The molecule has 0 saturated heterocycles. The Bertz CT molecular complexity index is 264. The van der Waals surface area contributed by atoms with Crippen molar-refractivity contribution in [2.24, 2.45) is 11.7 Å². The van der Waals surface area contributed by atoms with Gasteiger partial charge < -0.3 is 10.3 Å². The average Bonchev–Trinajstić information content (AvgIpc) is 2.49. The van der Waals surface area contributed by atoms with Crippen LogP contribution in [0.5, 0.6) is 0 Å². The van der Waals surface area contributed by atoms with Crippen LogP contribution in [0.25, 0.3) is 0 Å². The number of hydrogen-bond acceptors (Lipinski definition) is 2. The molecule has 1 aliphatic rings. The molecule has 0 bridgehead atoms. The zero-order valence-corrected chi connectivity index (χ0v) is 7.40. The second-order valence-electron chi connectivity index (χ2n) is 3.65. The first kappa shape index (κ1) is 7.80. The second-order valence-corrected chi connectivity index (χ2v) is 3.65. The standard InChI is InChI=1S/C9H15N3/c1-7(10)8-2-4-12-5-3-11-9(12)6-8/h3,5,7-8H,2,4,6,10H2,1H3. The monoisotopic (exact) mass is 165 g/mol. The molecule has 3 nitrogen and oxygen atoms in total. The number of imidazole rings is 1. The van der Waals surface area contributed by atoms with Crippen LogP contribution in [-0.2, 0) is 13.0 Å².